The van der Waals surface area contributed by atoms with E-state index in [9.17, 15) is 9.59 Å². The van der Waals surface area contributed by atoms with Gasteiger partial charge < -0.3 is 16.4 Å². The molecule has 2 heterocycles. The molecule has 2 amide bonds. The molecule has 0 radical (unpaired) electrons. The number of pyridine rings is 2. The normalized spacial score (nSPS) is 19.3. The smallest absolute Gasteiger partial charge is 0.255 e. The van der Waals surface area contributed by atoms with Crippen LogP contribution in [0.1, 0.15) is 41.6 Å². The van der Waals surface area contributed by atoms with E-state index in [1.165, 1.54) is 0 Å². The molecule has 1 saturated carbocycles. The van der Waals surface area contributed by atoms with Gasteiger partial charge in [-0.3, -0.25) is 14.6 Å². The average molecular weight is 367 g/mol. The number of nitrogen functional groups attached to an aromatic ring is 1. The summed E-state index contributed by atoms with van der Waals surface area (Å²) in [4.78, 5) is 32.5. The minimum absolute atomic E-state index is 0.0441. The predicted octanol–water partition coefficient (Wildman–Crippen LogP) is 1.91. The molecule has 0 aromatic carbocycles. The van der Waals surface area contributed by atoms with Gasteiger partial charge in [-0.15, -0.1) is 0 Å². The molecule has 7 heteroatoms. The lowest BCUT2D eigenvalue weighted by Crippen LogP contribution is -2.36. The van der Waals surface area contributed by atoms with Gasteiger partial charge in [0.2, 0.25) is 5.91 Å². The largest absolute Gasteiger partial charge is 0.383 e. The Bertz CT molecular complexity index is 773. The minimum atomic E-state index is -0.197. The molecule has 142 valence electrons. The highest BCUT2D eigenvalue weighted by atomic mass is 16.2. The van der Waals surface area contributed by atoms with Crippen molar-refractivity contribution in [1.29, 1.82) is 0 Å². The second-order valence-electron chi connectivity index (χ2n) is 6.94. The van der Waals surface area contributed by atoms with E-state index in [1.54, 1.807) is 30.7 Å². The fourth-order valence-electron chi connectivity index (χ4n) is 3.41. The molecule has 2 aromatic heterocycles. The number of carbonyl (C=O) groups is 2. The number of hydrogen-bond donors (Lipinski definition) is 3. The summed E-state index contributed by atoms with van der Waals surface area (Å²) in [6.07, 6.45) is 8.57. The van der Waals surface area contributed by atoms with E-state index in [2.05, 4.69) is 20.6 Å². The Morgan fingerprint density at radius 1 is 1.07 bits per heavy atom. The first kappa shape index (κ1) is 18.8. The summed E-state index contributed by atoms with van der Waals surface area (Å²) in [5.41, 5.74) is 7.13. The van der Waals surface area contributed by atoms with Crippen LogP contribution in [0, 0.1) is 11.8 Å². The topological polar surface area (TPSA) is 110 Å². The number of amides is 2. The number of hydrogen-bond acceptors (Lipinski definition) is 5. The van der Waals surface area contributed by atoms with Crippen molar-refractivity contribution in [2.24, 2.45) is 11.8 Å². The zero-order valence-corrected chi connectivity index (χ0v) is 15.2. The molecule has 4 N–H and O–H groups in total. The average Bonchev–Trinajstić information content (AvgIpc) is 2.72. The SMILES string of the molecule is Nc1ncccc1C(=O)NCC1CCC(C(=O)NCc2cccnc2)CC1. The summed E-state index contributed by atoms with van der Waals surface area (Å²) in [5.74, 6) is 0.571. The van der Waals surface area contributed by atoms with Crippen LogP contribution < -0.4 is 16.4 Å². The van der Waals surface area contributed by atoms with Crippen molar-refractivity contribution >= 4 is 17.6 Å². The second-order valence-corrected chi connectivity index (χ2v) is 6.94. The van der Waals surface area contributed by atoms with Gasteiger partial charge in [0.25, 0.3) is 5.91 Å². The molecule has 0 atom stereocenters. The van der Waals surface area contributed by atoms with Crippen LogP contribution in [0.15, 0.2) is 42.9 Å². The van der Waals surface area contributed by atoms with E-state index in [0.29, 0.717) is 24.6 Å². The van der Waals surface area contributed by atoms with Gasteiger partial charge in [-0.05, 0) is 55.4 Å². The lowest BCUT2D eigenvalue weighted by molar-refractivity contribution is -0.126. The van der Waals surface area contributed by atoms with Crippen molar-refractivity contribution in [1.82, 2.24) is 20.6 Å². The summed E-state index contributed by atoms with van der Waals surface area (Å²) in [6.45, 7) is 1.10. The first-order valence-electron chi connectivity index (χ1n) is 9.29. The Labute approximate surface area is 158 Å². The van der Waals surface area contributed by atoms with Gasteiger partial charge in [-0.1, -0.05) is 6.07 Å². The number of nitrogens with two attached hydrogens (primary N) is 1. The molecule has 3 rings (SSSR count). The molecule has 2 aromatic rings. The minimum Gasteiger partial charge on any atom is -0.383 e. The summed E-state index contributed by atoms with van der Waals surface area (Å²) in [5, 5.41) is 5.93. The Hall–Kier alpha value is -2.96. The van der Waals surface area contributed by atoms with Gasteiger partial charge in [0, 0.05) is 37.6 Å². The third-order valence-electron chi connectivity index (χ3n) is 5.04. The van der Waals surface area contributed by atoms with E-state index in [0.717, 1.165) is 31.2 Å². The first-order valence-corrected chi connectivity index (χ1v) is 9.29. The van der Waals surface area contributed by atoms with Gasteiger partial charge in [-0.25, -0.2) is 4.98 Å². The van der Waals surface area contributed by atoms with Crippen LogP contribution in [0.2, 0.25) is 0 Å². The number of nitrogens with one attached hydrogen (secondary N) is 2. The summed E-state index contributed by atoms with van der Waals surface area (Å²) >= 11 is 0. The van der Waals surface area contributed by atoms with Crippen LogP contribution in [-0.4, -0.2) is 28.3 Å². The van der Waals surface area contributed by atoms with Crippen molar-refractivity contribution in [3.05, 3.63) is 54.0 Å². The van der Waals surface area contributed by atoms with Crippen LogP contribution in [0.4, 0.5) is 5.82 Å². The molecule has 0 saturated heterocycles. The van der Waals surface area contributed by atoms with Crippen molar-refractivity contribution in [3.63, 3.8) is 0 Å². The lowest BCUT2D eigenvalue weighted by atomic mass is 9.81. The zero-order valence-electron chi connectivity index (χ0n) is 15.2. The van der Waals surface area contributed by atoms with Crippen LogP contribution in [0.5, 0.6) is 0 Å². The van der Waals surface area contributed by atoms with E-state index in [1.807, 2.05) is 12.1 Å². The van der Waals surface area contributed by atoms with Gasteiger partial charge in [-0.2, -0.15) is 0 Å². The highest BCUT2D eigenvalue weighted by molar-refractivity contribution is 5.98. The molecule has 0 spiro atoms. The Balaban J connectivity index is 1.39. The maximum atomic E-state index is 12.3. The van der Waals surface area contributed by atoms with Crippen LogP contribution in [0.3, 0.4) is 0 Å². The lowest BCUT2D eigenvalue weighted by Gasteiger charge is -2.28. The molecule has 0 bridgehead atoms. The van der Waals surface area contributed by atoms with Gasteiger partial charge in [0.05, 0.1) is 5.56 Å². The molecule has 7 nitrogen and oxygen atoms in total. The Kier molecular flexibility index (Phi) is 6.35. The third kappa shape index (κ3) is 5.26. The molecular formula is C20H25N5O2. The molecule has 27 heavy (non-hydrogen) atoms. The zero-order chi connectivity index (χ0) is 19.1. The molecule has 0 aliphatic heterocycles. The quantitative estimate of drug-likeness (QED) is 0.722. The fraction of sp³-hybridized carbons (Fsp3) is 0.400. The number of carbonyl (C=O) groups excluding carboxylic acids is 2. The van der Waals surface area contributed by atoms with Gasteiger partial charge in [0.1, 0.15) is 5.82 Å². The van der Waals surface area contributed by atoms with Crippen molar-refractivity contribution < 1.29 is 9.59 Å². The Morgan fingerprint density at radius 2 is 1.85 bits per heavy atom. The monoisotopic (exact) mass is 367 g/mol. The summed E-state index contributed by atoms with van der Waals surface area (Å²) in [6, 6.07) is 7.17. The van der Waals surface area contributed by atoms with Crippen LogP contribution in [-0.2, 0) is 11.3 Å². The maximum absolute atomic E-state index is 12.3. The molecule has 1 aliphatic carbocycles. The standard InChI is InChI=1S/C20H25N5O2/c21-18-17(4-2-10-23-18)20(27)25-12-14-5-7-16(8-6-14)19(26)24-13-15-3-1-9-22-11-15/h1-4,9-11,14,16H,5-8,12-13H2,(H2,21,23)(H,24,26)(H,25,27). The van der Waals surface area contributed by atoms with E-state index < -0.39 is 0 Å². The molecule has 1 aliphatic rings. The predicted molar refractivity (Wildman–Crippen MR) is 103 cm³/mol. The highest BCUT2D eigenvalue weighted by Crippen LogP contribution is 2.28. The first-order chi connectivity index (χ1) is 13.1. The highest BCUT2D eigenvalue weighted by Gasteiger charge is 2.26. The van der Waals surface area contributed by atoms with Crippen LogP contribution >= 0.6 is 0 Å². The van der Waals surface area contributed by atoms with Gasteiger partial charge >= 0.3 is 0 Å². The fourth-order valence-corrected chi connectivity index (χ4v) is 3.41. The van der Waals surface area contributed by atoms with E-state index in [4.69, 9.17) is 5.73 Å². The number of anilines is 1. The van der Waals surface area contributed by atoms with Crippen molar-refractivity contribution in [3.8, 4) is 0 Å². The number of aromatic nitrogens is 2. The summed E-state index contributed by atoms with van der Waals surface area (Å²) in [7, 11) is 0. The Morgan fingerprint density at radius 3 is 2.56 bits per heavy atom. The molecule has 1 fully saturated rings. The molecule has 0 unspecified atom stereocenters. The van der Waals surface area contributed by atoms with Crippen molar-refractivity contribution in [2.45, 2.75) is 32.2 Å². The third-order valence-corrected chi connectivity index (χ3v) is 5.04. The summed E-state index contributed by atoms with van der Waals surface area (Å²) < 4.78 is 0. The van der Waals surface area contributed by atoms with Crippen molar-refractivity contribution in [2.75, 3.05) is 12.3 Å². The maximum Gasteiger partial charge on any atom is 0.255 e. The van der Waals surface area contributed by atoms with Crippen LogP contribution in [0.25, 0.3) is 0 Å². The molecular weight excluding hydrogens is 342 g/mol. The van der Waals surface area contributed by atoms with E-state index in [-0.39, 0.29) is 23.6 Å². The van der Waals surface area contributed by atoms with E-state index >= 15 is 0 Å². The number of rotatable bonds is 6. The van der Waals surface area contributed by atoms with Gasteiger partial charge in [0.15, 0.2) is 0 Å². The number of nitrogens with zero attached hydrogens (tertiary/aromatic N) is 2. The second kappa shape index (κ2) is 9.12.